The van der Waals surface area contributed by atoms with Gasteiger partial charge in [0.25, 0.3) is 0 Å². The van der Waals surface area contributed by atoms with Gasteiger partial charge in [-0.2, -0.15) is 0 Å². The van der Waals surface area contributed by atoms with Crippen molar-refractivity contribution < 1.29 is 33.0 Å². The van der Waals surface area contributed by atoms with Crippen molar-refractivity contribution in [3.63, 3.8) is 0 Å². The lowest BCUT2D eigenvalue weighted by Gasteiger charge is -2.21. The topological polar surface area (TPSA) is 130 Å². The highest BCUT2D eigenvalue weighted by Crippen LogP contribution is 2.08. The lowest BCUT2D eigenvalue weighted by atomic mass is 10.0. The molecule has 0 aromatic heterocycles. The number of rotatable bonds is 9. The number of esters is 1. The van der Waals surface area contributed by atoms with Crippen molar-refractivity contribution >= 4 is 22.0 Å². The largest absolute Gasteiger partial charge is 0.481 e. The first-order valence-corrected chi connectivity index (χ1v) is 7.21. The number of aliphatic carboxylic acids is 1. The molecule has 0 amide bonds. The molecule has 0 aliphatic carbocycles. The lowest BCUT2D eigenvalue weighted by molar-refractivity contribution is -0.142. The molecule has 0 heterocycles. The average molecular weight is 297 g/mol. The summed E-state index contributed by atoms with van der Waals surface area (Å²) in [5.41, 5.74) is -1.67. The van der Waals surface area contributed by atoms with Gasteiger partial charge < -0.3 is 14.9 Å². The number of carboxylic acid groups (broad SMARTS) is 1. The molecule has 1 atom stereocenters. The smallest absolute Gasteiger partial charge is 0.306 e. The van der Waals surface area contributed by atoms with Crippen molar-refractivity contribution in [1.82, 2.24) is 4.72 Å². The van der Waals surface area contributed by atoms with Gasteiger partial charge in [0.1, 0.15) is 0 Å². The van der Waals surface area contributed by atoms with Crippen LogP contribution < -0.4 is 4.72 Å². The third kappa shape index (κ3) is 9.40. The molecule has 0 bridgehead atoms. The van der Waals surface area contributed by atoms with Crippen LogP contribution in [0.2, 0.25) is 0 Å². The second-order valence-corrected chi connectivity index (χ2v) is 6.31. The normalized spacial score (nSPS) is 14.7. The van der Waals surface area contributed by atoms with Gasteiger partial charge in [-0.05, 0) is 13.3 Å². The van der Waals surface area contributed by atoms with E-state index in [2.05, 4.69) is 9.46 Å². The molecule has 0 spiro atoms. The summed E-state index contributed by atoms with van der Waals surface area (Å²) in [7, 11) is -2.46. The molecule has 19 heavy (non-hydrogen) atoms. The first-order valence-electron chi connectivity index (χ1n) is 5.56. The Hall–Kier alpha value is -1.19. The number of methoxy groups -OCH3 is 1. The summed E-state index contributed by atoms with van der Waals surface area (Å²) >= 11 is 0. The van der Waals surface area contributed by atoms with Gasteiger partial charge in [0.05, 0.1) is 24.9 Å². The molecule has 0 aromatic rings. The molecule has 0 rings (SSSR count). The van der Waals surface area contributed by atoms with Crippen LogP contribution in [0.4, 0.5) is 0 Å². The van der Waals surface area contributed by atoms with E-state index in [1.807, 2.05) is 0 Å². The molecule has 9 heteroatoms. The summed E-state index contributed by atoms with van der Waals surface area (Å²) in [6.45, 7) is 0.817. The Bertz CT molecular complexity index is 416. The summed E-state index contributed by atoms with van der Waals surface area (Å²) in [6.07, 6.45) is -0.510. The Morgan fingerprint density at radius 2 is 1.95 bits per heavy atom. The second kappa shape index (κ2) is 7.41. The second-order valence-electron chi connectivity index (χ2n) is 4.39. The Kier molecular flexibility index (Phi) is 6.95. The Morgan fingerprint density at radius 3 is 2.42 bits per heavy atom. The minimum atomic E-state index is -3.67. The van der Waals surface area contributed by atoms with Crippen LogP contribution in [0.3, 0.4) is 0 Å². The summed E-state index contributed by atoms with van der Waals surface area (Å²) in [4.78, 5) is 21.2. The molecule has 3 N–H and O–H groups in total. The average Bonchev–Trinajstić information content (AvgIpc) is 2.24. The van der Waals surface area contributed by atoms with Crippen molar-refractivity contribution in [1.29, 1.82) is 0 Å². The van der Waals surface area contributed by atoms with E-state index in [9.17, 15) is 23.1 Å². The van der Waals surface area contributed by atoms with Crippen LogP contribution in [0.15, 0.2) is 0 Å². The monoisotopic (exact) mass is 297 g/mol. The molecule has 0 saturated heterocycles. The predicted octanol–water partition coefficient (Wildman–Crippen LogP) is -0.915. The summed E-state index contributed by atoms with van der Waals surface area (Å²) in [5.74, 6) is -2.03. The zero-order chi connectivity index (χ0) is 15.1. The standard InChI is InChI=1S/C10H19NO7S/c1-10(15,6-8(12)13)7-11-19(16,17)5-3-4-9(14)18-2/h11,15H,3-7H2,1-2H3,(H,12,13). The van der Waals surface area contributed by atoms with Gasteiger partial charge in [-0.25, -0.2) is 13.1 Å². The lowest BCUT2D eigenvalue weighted by Crippen LogP contribution is -2.42. The highest BCUT2D eigenvalue weighted by Gasteiger charge is 2.26. The van der Waals surface area contributed by atoms with Crippen molar-refractivity contribution in [3.05, 3.63) is 0 Å². The van der Waals surface area contributed by atoms with Crippen LogP contribution in [-0.4, -0.2) is 55.6 Å². The molecule has 0 fully saturated rings. The fraction of sp³-hybridized carbons (Fsp3) is 0.800. The first kappa shape index (κ1) is 17.8. The zero-order valence-corrected chi connectivity index (χ0v) is 11.7. The van der Waals surface area contributed by atoms with Crippen molar-refractivity contribution in [2.45, 2.75) is 31.8 Å². The predicted molar refractivity (Wildman–Crippen MR) is 65.9 cm³/mol. The van der Waals surface area contributed by atoms with Gasteiger partial charge in [0, 0.05) is 13.0 Å². The van der Waals surface area contributed by atoms with Gasteiger partial charge in [-0.1, -0.05) is 0 Å². The van der Waals surface area contributed by atoms with E-state index in [1.165, 1.54) is 14.0 Å². The van der Waals surface area contributed by atoms with Crippen LogP contribution >= 0.6 is 0 Å². The van der Waals surface area contributed by atoms with Crippen LogP contribution in [0.5, 0.6) is 0 Å². The summed E-state index contributed by atoms with van der Waals surface area (Å²) in [5, 5.41) is 18.1. The zero-order valence-electron chi connectivity index (χ0n) is 10.9. The molecule has 0 radical (unpaired) electrons. The van der Waals surface area contributed by atoms with Gasteiger partial charge in [0.2, 0.25) is 10.0 Å². The number of hydrogen-bond donors (Lipinski definition) is 3. The van der Waals surface area contributed by atoms with Gasteiger partial charge in [-0.3, -0.25) is 9.59 Å². The highest BCUT2D eigenvalue weighted by atomic mass is 32.2. The first-order chi connectivity index (χ1) is 8.58. The fourth-order valence-corrected chi connectivity index (χ4v) is 2.43. The Morgan fingerprint density at radius 1 is 1.37 bits per heavy atom. The molecule has 0 saturated carbocycles. The number of carbonyl (C=O) groups excluding carboxylic acids is 1. The van der Waals surface area contributed by atoms with Crippen LogP contribution in [0.1, 0.15) is 26.2 Å². The number of hydrogen-bond acceptors (Lipinski definition) is 6. The van der Waals surface area contributed by atoms with Crippen molar-refractivity contribution in [2.75, 3.05) is 19.4 Å². The molecule has 0 aliphatic rings. The van der Waals surface area contributed by atoms with E-state index in [4.69, 9.17) is 5.11 Å². The van der Waals surface area contributed by atoms with E-state index in [-0.39, 0.29) is 18.6 Å². The maximum atomic E-state index is 11.5. The highest BCUT2D eigenvalue weighted by molar-refractivity contribution is 7.89. The quantitative estimate of drug-likeness (QED) is 0.469. The van der Waals surface area contributed by atoms with E-state index < -0.39 is 40.5 Å². The number of sulfonamides is 1. The number of carboxylic acids is 1. The third-order valence-corrected chi connectivity index (χ3v) is 3.64. The van der Waals surface area contributed by atoms with Crippen molar-refractivity contribution in [2.24, 2.45) is 0 Å². The summed E-state index contributed by atoms with van der Waals surface area (Å²) in [6, 6.07) is 0. The Labute approximate surface area is 111 Å². The van der Waals surface area contributed by atoms with E-state index in [1.54, 1.807) is 0 Å². The van der Waals surface area contributed by atoms with Crippen molar-refractivity contribution in [3.8, 4) is 0 Å². The number of aliphatic hydroxyl groups is 1. The molecular weight excluding hydrogens is 278 g/mol. The summed E-state index contributed by atoms with van der Waals surface area (Å²) < 4.78 is 29.5. The van der Waals surface area contributed by atoms with Gasteiger partial charge in [-0.15, -0.1) is 0 Å². The molecule has 112 valence electrons. The third-order valence-electron chi connectivity index (χ3n) is 2.23. The van der Waals surface area contributed by atoms with Crippen LogP contribution in [0, 0.1) is 0 Å². The molecule has 8 nitrogen and oxygen atoms in total. The molecule has 0 aromatic carbocycles. The van der Waals surface area contributed by atoms with Gasteiger partial charge >= 0.3 is 11.9 Å². The van der Waals surface area contributed by atoms with Crippen LogP contribution in [-0.2, 0) is 24.3 Å². The number of ether oxygens (including phenoxy) is 1. The maximum absolute atomic E-state index is 11.5. The minimum absolute atomic E-state index is 0.0249. The minimum Gasteiger partial charge on any atom is -0.481 e. The number of carbonyl (C=O) groups is 2. The fourth-order valence-electron chi connectivity index (χ4n) is 1.23. The van der Waals surface area contributed by atoms with E-state index in [0.717, 1.165) is 0 Å². The molecule has 0 aliphatic heterocycles. The van der Waals surface area contributed by atoms with E-state index in [0.29, 0.717) is 0 Å². The number of nitrogens with one attached hydrogen (secondary N) is 1. The maximum Gasteiger partial charge on any atom is 0.306 e. The van der Waals surface area contributed by atoms with E-state index >= 15 is 0 Å². The SMILES string of the molecule is COC(=O)CCCS(=O)(=O)NCC(C)(O)CC(=O)O. The van der Waals surface area contributed by atoms with Gasteiger partial charge in [0.15, 0.2) is 0 Å². The molecular formula is C10H19NO7S. The molecule has 1 unspecified atom stereocenters. The van der Waals surface area contributed by atoms with Crippen LogP contribution in [0.25, 0.3) is 0 Å². The Balaban J connectivity index is 4.16.